The van der Waals surface area contributed by atoms with Crippen LogP contribution in [0.15, 0.2) is 18.2 Å². The third-order valence-electron chi connectivity index (χ3n) is 3.66. The Balaban J connectivity index is 1.78. The van der Waals surface area contributed by atoms with E-state index in [9.17, 15) is 4.39 Å². The molecule has 1 saturated heterocycles. The fraction of sp³-hybridized carbons (Fsp3) is 0.600. The molecule has 1 aliphatic heterocycles. The van der Waals surface area contributed by atoms with Gasteiger partial charge in [-0.15, -0.1) is 0 Å². The number of likely N-dealkylation sites (tertiary alicyclic amines) is 1. The molecule has 20 heavy (non-hydrogen) atoms. The molecular formula is C15H22ClFN2O. The minimum absolute atomic E-state index is 0.197. The third-order valence-corrected chi connectivity index (χ3v) is 3.95. The van der Waals surface area contributed by atoms with Gasteiger partial charge >= 0.3 is 0 Å². The molecule has 0 bridgehead atoms. The molecule has 3 nitrogen and oxygen atoms in total. The number of hydrogen-bond donors (Lipinski definition) is 1. The van der Waals surface area contributed by atoms with Gasteiger partial charge in [0.15, 0.2) is 0 Å². The smallest absolute Gasteiger partial charge is 0.146 e. The van der Waals surface area contributed by atoms with Gasteiger partial charge in [0.25, 0.3) is 0 Å². The molecule has 5 heteroatoms. The molecule has 1 fully saturated rings. The van der Waals surface area contributed by atoms with Gasteiger partial charge in [-0.3, -0.25) is 4.90 Å². The summed E-state index contributed by atoms with van der Waals surface area (Å²) >= 11 is 5.80. The lowest BCUT2D eigenvalue weighted by Gasteiger charge is -2.32. The summed E-state index contributed by atoms with van der Waals surface area (Å²) in [7, 11) is 0. The van der Waals surface area contributed by atoms with E-state index in [4.69, 9.17) is 22.1 Å². The van der Waals surface area contributed by atoms with Crippen LogP contribution in [0.2, 0.25) is 5.02 Å². The van der Waals surface area contributed by atoms with Crippen LogP contribution in [0.4, 0.5) is 4.39 Å². The first kappa shape index (κ1) is 15.7. The predicted molar refractivity (Wildman–Crippen MR) is 79.3 cm³/mol. The Bertz CT molecular complexity index is 422. The molecule has 0 atom stereocenters. The van der Waals surface area contributed by atoms with Crippen molar-refractivity contribution in [3.63, 3.8) is 0 Å². The lowest BCUT2D eigenvalue weighted by atomic mass is 10.1. The zero-order chi connectivity index (χ0) is 14.4. The monoisotopic (exact) mass is 300 g/mol. The number of nitrogens with two attached hydrogens (primary N) is 1. The standard InChI is InChI=1S/C15H22ClFN2O/c16-14-4-1-3-12(15(14)17)11-19-8-5-13(6-9-19)20-10-2-7-18/h1,3-4,13H,2,5-11,18H2. The Labute approximate surface area is 124 Å². The Morgan fingerprint density at radius 3 is 2.80 bits per heavy atom. The Kier molecular flexibility index (Phi) is 6.23. The van der Waals surface area contributed by atoms with Crippen LogP contribution in [0.25, 0.3) is 0 Å². The third kappa shape index (κ3) is 4.42. The van der Waals surface area contributed by atoms with E-state index in [1.54, 1.807) is 18.2 Å². The zero-order valence-corrected chi connectivity index (χ0v) is 12.4. The molecule has 0 amide bonds. The van der Waals surface area contributed by atoms with Gasteiger partial charge in [0.05, 0.1) is 11.1 Å². The largest absolute Gasteiger partial charge is 0.378 e. The molecule has 1 heterocycles. The van der Waals surface area contributed by atoms with E-state index in [0.717, 1.165) is 39.0 Å². The van der Waals surface area contributed by atoms with E-state index in [1.165, 1.54) is 0 Å². The van der Waals surface area contributed by atoms with Crippen LogP contribution in [-0.2, 0) is 11.3 Å². The number of nitrogens with zero attached hydrogens (tertiary/aromatic N) is 1. The van der Waals surface area contributed by atoms with Gasteiger partial charge in [0.1, 0.15) is 5.82 Å². The highest BCUT2D eigenvalue weighted by atomic mass is 35.5. The Hall–Kier alpha value is -0.680. The molecule has 0 radical (unpaired) electrons. The van der Waals surface area contributed by atoms with E-state index < -0.39 is 0 Å². The highest BCUT2D eigenvalue weighted by Crippen LogP contribution is 2.21. The first-order valence-electron chi connectivity index (χ1n) is 7.17. The molecular weight excluding hydrogens is 279 g/mol. The van der Waals surface area contributed by atoms with Crippen LogP contribution in [0, 0.1) is 5.82 Å². The number of rotatable bonds is 6. The average molecular weight is 301 g/mol. The molecule has 0 saturated carbocycles. The van der Waals surface area contributed by atoms with Crippen LogP contribution >= 0.6 is 11.6 Å². The van der Waals surface area contributed by atoms with Gasteiger partial charge in [0, 0.05) is 31.8 Å². The summed E-state index contributed by atoms with van der Waals surface area (Å²) < 4.78 is 19.6. The quantitative estimate of drug-likeness (QED) is 0.821. The molecule has 0 unspecified atom stereocenters. The first-order chi connectivity index (χ1) is 9.70. The van der Waals surface area contributed by atoms with Gasteiger partial charge in [-0.2, -0.15) is 0 Å². The van der Waals surface area contributed by atoms with Crippen molar-refractivity contribution in [3.8, 4) is 0 Å². The maximum absolute atomic E-state index is 13.8. The fourth-order valence-corrected chi connectivity index (χ4v) is 2.67. The van der Waals surface area contributed by atoms with Gasteiger partial charge in [-0.1, -0.05) is 23.7 Å². The number of hydrogen-bond acceptors (Lipinski definition) is 3. The van der Waals surface area contributed by atoms with E-state index in [1.807, 2.05) is 0 Å². The molecule has 112 valence electrons. The lowest BCUT2D eigenvalue weighted by molar-refractivity contribution is 0.00546. The van der Waals surface area contributed by atoms with E-state index in [-0.39, 0.29) is 10.8 Å². The average Bonchev–Trinajstić information content (AvgIpc) is 2.46. The summed E-state index contributed by atoms with van der Waals surface area (Å²) in [5.41, 5.74) is 6.11. The summed E-state index contributed by atoms with van der Waals surface area (Å²) in [5, 5.41) is 0.197. The maximum Gasteiger partial charge on any atom is 0.146 e. The highest BCUT2D eigenvalue weighted by molar-refractivity contribution is 6.30. The summed E-state index contributed by atoms with van der Waals surface area (Å²) in [6.45, 7) is 3.89. The molecule has 1 aromatic rings. The van der Waals surface area contributed by atoms with Gasteiger partial charge in [-0.05, 0) is 31.9 Å². The first-order valence-corrected chi connectivity index (χ1v) is 7.55. The Morgan fingerprint density at radius 1 is 1.35 bits per heavy atom. The van der Waals surface area contributed by atoms with Gasteiger partial charge in [0.2, 0.25) is 0 Å². The van der Waals surface area contributed by atoms with E-state index in [0.29, 0.717) is 24.8 Å². The van der Waals surface area contributed by atoms with Crippen molar-refractivity contribution >= 4 is 11.6 Å². The fourth-order valence-electron chi connectivity index (χ4n) is 2.48. The minimum Gasteiger partial charge on any atom is -0.378 e. The Morgan fingerprint density at radius 2 is 2.10 bits per heavy atom. The topological polar surface area (TPSA) is 38.5 Å². The summed E-state index contributed by atoms with van der Waals surface area (Å²) in [6, 6.07) is 5.17. The molecule has 0 aromatic heterocycles. The second-order valence-electron chi connectivity index (χ2n) is 5.20. The van der Waals surface area contributed by atoms with Crippen molar-refractivity contribution < 1.29 is 9.13 Å². The van der Waals surface area contributed by atoms with Crippen molar-refractivity contribution in [1.82, 2.24) is 4.90 Å². The van der Waals surface area contributed by atoms with E-state index in [2.05, 4.69) is 4.90 Å². The van der Waals surface area contributed by atoms with Crippen LogP contribution in [-0.4, -0.2) is 37.2 Å². The molecule has 0 aliphatic carbocycles. The lowest BCUT2D eigenvalue weighted by Crippen LogP contribution is -2.37. The van der Waals surface area contributed by atoms with Crippen molar-refractivity contribution in [2.75, 3.05) is 26.2 Å². The number of ether oxygens (including phenoxy) is 1. The summed E-state index contributed by atoms with van der Waals surface area (Å²) in [5.74, 6) is -0.296. The van der Waals surface area contributed by atoms with Crippen molar-refractivity contribution in [2.24, 2.45) is 5.73 Å². The molecule has 1 aliphatic rings. The van der Waals surface area contributed by atoms with Gasteiger partial charge in [-0.25, -0.2) is 4.39 Å². The summed E-state index contributed by atoms with van der Waals surface area (Å²) in [6.07, 6.45) is 3.22. The van der Waals surface area contributed by atoms with Gasteiger partial charge < -0.3 is 10.5 Å². The van der Waals surface area contributed by atoms with Crippen molar-refractivity contribution in [1.29, 1.82) is 0 Å². The van der Waals surface area contributed by atoms with Crippen LogP contribution in [0.3, 0.4) is 0 Å². The van der Waals surface area contributed by atoms with Crippen LogP contribution in [0.5, 0.6) is 0 Å². The number of piperidine rings is 1. The second-order valence-corrected chi connectivity index (χ2v) is 5.61. The number of halogens is 2. The maximum atomic E-state index is 13.8. The summed E-state index contributed by atoms with van der Waals surface area (Å²) in [4.78, 5) is 2.25. The predicted octanol–water partition coefficient (Wildman–Crippen LogP) is 2.81. The zero-order valence-electron chi connectivity index (χ0n) is 11.7. The number of benzene rings is 1. The SMILES string of the molecule is NCCCOC1CCN(Cc2cccc(Cl)c2F)CC1. The molecule has 1 aromatic carbocycles. The molecule has 0 spiro atoms. The molecule has 2 rings (SSSR count). The van der Waals surface area contributed by atoms with E-state index >= 15 is 0 Å². The minimum atomic E-state index is -0.296. The second kappa shape index (κ2) is 7.93. The van der Waals surface area contributed by atoms with Crippen molar-refractivity contribution in [2.45, 2.75) is 31.9 Å². The molecule has 2 N–H and O–H groups in total. The van der Waals surface area contributed by atoms with Crippen molar-refractivity contribution in [3.05, 3.63) is 34.6 Å². The highest BCUT2D eigenvalue weighted by Gasteiger charge is 2.20. The normalized spacial score (nSPS) is 17.6. The van der Waals surface area contributed by atoms with Crippen LogP contribution < -0.4 is 5.73 Å². The van der Waals surface area contributed by atoms with Crippen LogP contribution in [0.1, 0.15) is 24.8 Å².